The fraction of sp³-hybridized carbons (Fsp3) is 0.375. The number of halogens is 1. The van der Waals surface area contributed by atoms with Gasteiger partial charge in [-0.2, -0.15) is 0 Å². The van der Waals surface area contributed by atoms with E-state index in [-0.39, 0.29) is 11.7 Å². The van der Waals surface area contributed by atoms with Crippen molar-refractivity contribution in [3.63, 3.8) is 0 Å². The van der Waals surface area contributed by atoms with Crippen LogP contribution in [0.3, 0.4) is 0 Å². The smallest absolute Gasteiger partial charge is 0.251 e. The first-order valence-corrected chi connectivity index (χ1v) is 7.26. The molecule has 6 heteroatoms. The minimum Gasteiger partial charge on any atom is -0.357 e. The number of hydrogen-bond donors (Lipinski definition) is 3. The molecule has 0 bridgehead atoms. The number of aliphatic imine (C=N–C) groups is 1. The summed E-state index contributed by atoms with van der Waals surface area (Å²) in [5, 5.41) is 8.85. The molecule has 0 aliphatic carbocycles. The van der Waals surface area contributed by atoms with E-state index in [1.165, 1.54) is 6.07 Å². The molecule has 0 aliphatic heterocycles. The first-order valence-electron chi connectivity index (χ1n) is 7.26. The summed E-state index contributed by atoms with van der Waals surface area (Å²) >= 11 is 0. The number of hydrogen-bond acceptors (Lipinski definition) is 2. The first-order chi connectivity index (χ1) is 10.6. The standard InChI is InChI=1S/C16H23FN4O/c1-4-8-20-16(18-5-2)21-10-9-19-15(22)13-7-6-12(3)14(17)11-13/h4,6-7,11H,1,5,8-10H2,2-3H3,(H,19,22)(H2,18,20,21). The zero-order chi connectivity index (χ0) is 16.4. The Morgan fingerprint density at radius 3 is 2.77 bits per heavy atom. The van der Waals surface area contributed by atoms with Gasteiger partial charge in [0.15, 0.2) is 5.96 Å². The van der Waals surface area contributed by atoms with Crippen LogP contribution in [-0.2, 0) is 0 Å². The zero-order valence-corrected chi connectivity index (χ0v) is 13.1. The van der Waals surface area contributed by atoms with Crippen LogP contribution in [0.4, 0.5) is 4.39 Å². The van der Waals surface area contributed by atoms with Crippen molar-refractivity contribution in [1.29, 1.82) is 0 Å². The molecule has 1 aromatic rings. The van der Waals surface area contributed by atoms with E-state index in [9.17, 15) is 9.18 Å². The van der Waals surface area contributed by atoms with Crippen molar-refractivity contribution in [2.75, 3.05) is 26.2 Å². The van der Waals surface area contributed by atoms with Gasteiger partial charge >= 0.3 is 0 Å². The maximum Gasteiger partial charge on any atom is 0.251 e. The number of nitrogens with one attached hydrogen (secondary N) is 3. The summed E-state index contributed by atoms with van der Waals surface area (Å²) in [4.78, 5) is 16.2. The lowest BCUT2D eigenvalue weighted by Crippen LogP contribution is -2.38. The SMILES string of the molecule is C=CCNC(=NCCNC(=O)c1ccc(C)c(F)c1)NCC. The number of benzene rings is 1. The van der Waals surface area contributed by atoms with Crippen LogP contribution in [0.25, 0.3) is 0 Å². The second-order valence-corrected chi connectivity index (χ2v) is 4.65. The third kappa shape index (κ3) is 5.95. The normalized spacial score (nSPS) is 11.0. The molecule has 0 saturated carbocycles. The number of amides is 1. The summed E-state index contributed by atoms with van der Waals surface area (Å²) in [7, 11) is 0. The van der Waals surface area contributed by atoms with Crippen LogP contribution in [0.15, 0.2) is 35.8 Å². The number of aryl methyl sites for hydroxylation is 1. The highest BCUT2D eigenvalue weighted by Crippen LogP contribution is 2.08. The fourth-order valence-corrected chi connectivity index (χ4v) is 1.68. The predicted octanol–water partition coefficient (Wildman–Crippen LogP) is 1.61. The maximum atomic E-state index is 13.4. The molecule has 1 amide bonds. The summed E-state index contributed by atoms with van der Waals surface area (Å²) in [6.07, 6.45) is 1.74. The molecule has 0 heterocycles. The predicted molar refractivity (Wildman–Crippen MR) is 87.6 cm³/mol. The summed E-state index contributed by atoms with van der Waals surface area (Å²) in [6, 6.07) is 4.43. The summed E-state index contributed by atoms with van der Waals surface area (Å²) in [5.74, 6) is -0.0232. The Labute approximate surface area is 130 Å². The topological polar surface area (TPSA) is 65.5 Å². The van der Waals surface area contributed by atoms with Gasteiger partial charge < -0.3 is 16.0 Å². The van der Waals surface area contributed by atoms with Crippen LogP contribution >= 0.6 is 0 Å². The molecule has 0 fully saturated rings. The van der Waals surface area contributed by atoms with Crippen LogP contribution in [0, 0.1) is 12.7 Å². The molecule has 1 aromatic carbocycles. The van der Waals surface area contributed by atoms with Gasteiger partial charge in [-0.05, 0) is 31.5 Å². The quantitative estimate of drug-likeness (QED) is 0.310. The number of nitrogens with zero attached hydrogens (tertiary/aromatic N) is 1. The Balaban J connectivity index is 2.46. The number of guanidine groups is 1. The third-order valence-corrected chi connectivity index (χ3v) is 2.86. The van der Waals surface area contributed by atoms with Crippen molar-refractivity contribution in [2.45, 2.75) is 13.8 Å². The van der Waals surface area contributed by atoms with Crippen LogP contribution in [0.1, 0.15) is 22.8 Å². The minimum absolute atomic E-state index is 0.307. The summed E-state index contributed by atoms with van der Waals surface area (Å²) < 4.78 is 13.4. The minimum atomic E-state index is -0.381. The van der Waals surface area contributed by atoms with E-state index in [1.807, 2.05) is 6.92 Å². The summed E-state index contributed by atoms with van der Waals surface area (Å²) in [6.45, 7) is 9.41. The molecule has 0 atom stereocenters. The van der Waals surface area contributed by atoms with Gasteiger partial charge in [0.1, 0.15) is 5.82 Å². The second kappa shape index (κ2) is 9.55. The van der Waals surface area contributed by atoms with Crippen molar-refractivity contribution in [3.05, 3.63) is 47.8 Å². The van der Waals surface area contributed by atoms with E-state index in [1.54, 1.807) is 25.1 Å². The van der Waals surface area contributed by atoms with E-state index in [4.69, 9.17) is 0 Å². The van der Waals surface area contributed by atoms with Gasteiger partial charge in [-0.3, -0.25) is 9.79 Å². The van der Waals surface area contributed by atoms with Gasteiger partial charge in [0.05, 0.1) is 6.54 Å². The van der Waals surface area contributed by atoms with Gasteiger partial charge in [0, 0.05) is 25.2 Å². The van der Waals surface area contributed by atoms with Crippen LogP contribution in [0.5, 0.6) is 0 Å². The van der Waals surface area contributed by atoms with Crippen molar-refractivity contribution in [1.82, 2.24) is 16.0 Å². The molecule has 0 aromatic heterocycles. The lowest BCUT2D eigenvalue weighted by atomic mass is 10.1. The van der Waals surface area contributed by atoms with Crippen molar-refractivity contribution < 1.29 is 9.18 Å². The monoisotopic (exact) mass is 306 g/mol. The lowest BCUT2D eigenvalue weighted by molar-refractivity contribution is 0.0954. The van der Waals surface area contributed by atoms with E-state index >= 15 is 0 Å². The summed E-state index contributed by atoms with van der Waals surface area (Å²) in [5.41, 5.74) is 0.827. The Kier molecular flexibility index (Phi) is 7.67. The van der Waals surface area contributed by atoms with Gasteiger partial charge in [-0.15, -0.1) is 6.58 Å². The van der Waals surface area contributed by atoms with Gasteiger partial charge in [-0.25, -0.2) is 4.39 Å². The molecule has 0 saturated heterocycles. The van der Waals surface area contributed by atoms with Crippen LogP contribution in [0.2, 0.25) is 0 Å². The Morgan fingerprint density at radius 2 is 2.14 bits per heavy atom. The Bertz CT molecular complexity index is 543. The Morgan fingerprint density at radius 1 is 1.36 bits per heavy atom. The molecule has 120 valence electrons. The molecule has 0 unspecified atom stereocenters. The maximum absolute atomic E-state index is 13.4. The highest BCUT2D eigenvalue weighted by molar-refractivity contribution is 5.94. The molecule has 0 spiro atoms. The molecule has 0 aliphatic rings. The van der Waals surface area contributed by atoms with Crippen LogP contribution in [-0.4, -0.2) is 38.0 Å². The first kappa shape index (κ1) is 17.7. The van der Waals surface area contributed by atoms with E-state index in [0.717, 1.165) is 6.54 Å². The highest BCUT2D eigenvalue weighted by atomic mass is 19.1. The van der Waals surface area contributed by atoms with Crippen LogP contribution < -0.4 is 16.0 Å². The zero-order valence-electron chi connectivity index (χ0n) is 13.1. The van der Waals surface area contributed by atoms with Gasteiger partial charge in [-0.1, -0.05) is 12.1 Å². The Hall–Kier alpha value is -2.37. The van der Waals surface area contributed by atoms with E-state index in [0.29, 0.717) is 36.7 Å². The average Bonchev–Trinajstić information content (AvgIpc) is 2.51. The highest BCUT2D eigenvalue weighted by Gasteiger charge is 2.07. The molecule has 3 N–H and O–H groups in total. The molecule has 5 nitrogen and oxygen atoms in total. The third-order valence-electron chi connectivity index (χ3n) is 2.86. The second-order valence-electron chi connectivity index (χ2n) is 4.65. The van der Waals surface area contributed by atoms with Crippen molar-refractivity contribution in [2.24, 2.45) is 4.99 Å². The average molecular weight is 306 g/mol. The van der Waals surface area contributed by atoms with E-state index in [2.05, 4.69) is 27.5 Å². The molecule has 22 heavy (non-hydrogen) atoms. The molecular formula is C16H23FN4O. The van der Waals surface area contributed by atoms with E-state index < -0.39 is 0 Å². The van der Waals surface area contributed by atoms with Crippen molar-refractivity contribution >= 4 is 11.9 Å². The lowest BCUT2D eigenvalue weighted by Gasteiger charge is -2.09. The number of carbonyl (C=O) groups excluding carboxylic acids is 1. The fourth-order valence-electron chi connectivity index (χ4n) is 1.68. The van der Waals surface area contributed by atoms with Gasteiger partial charge in [0.25, 0.3) is 5.91 Å². The molecule has 0 radical (unpaired) electrons. The molecule has 1 rings (SSSR count). The molecular weight excluding hydrogens is 283 g/mol. The number of carbonyl (C=O) groups is 1. The largest absolute Gasteiger partial charge is 0.357 e. The van der Waals surface area contributed by atoms with Gasteiger partial charge in [0.2, 0.25) is 0 Å². The van der Waals surface area contributed by atoms with Crippen molar-refractivity contribution in [3.8, 4) is 0 Å². The number of rotatable bonds is 7.